The first-order valence-corrected chi connectivity index (χ1v) is 15.5. The fraction of sp³-hybridized carbons (Fsp3) is 0.515. The van der Waals surface area contributed by atoms with Crippen molar-refractivity contribution in [3.63, 3.8) is 0 Å². The van der Waals surface area contributed by atoms with Crippen LogP contribution < -0.4 is 26.0 Å². The number of aliphatic imine (C=N–C) groups is 1. The smallest absolute Gasteiger partial charge is 0.320 e. The molecule has 4 N–H and O–H groups in total. The summed E-state index contributed by atoms with van der Waals surface area (Å²) >= 11 is 0. The number of piperidine rings is 1. The van der Waals surface area contributed by atoms with Crippen LogP contribution in [-0.4, -0.2) is 72.1 Å². The summed E-state index contributed by atoms with van der Waals surface area (Å²) in [5, 5.41) is 14.9. The van der Waals surface area contributed by atoms with Crippen molar-refractivity contribution < 1.29 is 9.53 Å². The van der Waals surface area contributed by atoms with Crippen LogP contribution in [0.5, 0.6) is 5.75 Å². The van der Waals surface area contributed by atoms with E-state index in [0.717, 1.165) is 73.8 Å². The predicted molar refractivity (Wildman–Crippen MR) is 175 cm³/mol. The monoisotopic (exact) mass is 601 g/mol. The number of fused-ring (bicyclic) bond motifs is 2. The lowest BCUT2D eigenvalue weighted by Crippen LogP contribution is -2.42. The Labute approximate surface area is 260 Å². The molecule has 1 saturated heterocycles. The Balaban J connectivity index is 1.27. The fourth-order valence-corrected chi connectivity index (χ4v) is 5.99. The standard InChI is InChI=1S/C33H47N9O2/c1-33(2,3)28(34)19-29(35-4)37-31(43)36-26-12-13-27(25-10-8-7-9-24(25)26)44-23-11-14-30-38-39-32(42(30)21-23)41-17-15-22(16-18-41)20-40(5)6/h7-11,14,19,21-22,26-27H,12-13,15-18,20,34H2,1-6H3,(H2,35,36,37,43)/t26?,27-/m1/s1. The number of ether oxygens (including phenoxy) is 1. The number of rotatable bonds is 7. The number of hydrogen-bond donors (Lipinski definition) is 3. The number of amides is 2. The van der Waals surface area contributed by atoms with E-state index in [1.807, 2.05) is 55.6 Å². The second-order valence-corrected chi connectivity index (χ2v) is 13.2. The van der Waals surface area contributed by atoms with E-state index in [9.17, 15) is 4.79 Å². The first-order valence-electron chi connectivity index (χ1n) is 15.5. The Morgan fingerprint density at radius 3 is 2.50 bits per heavy atom. The second kappa shape index (κ2) is 13.3. The lowest BCUT2D eigenvalue weighted by atomic mass is 9.85. The number of anilines is 1. The minimum absolute atomic E-state index is 0.145. The maximum absolute atomic E-state index is 13.0. The van der Waals surface area contributed by atoms with Gasteiger partial charge in [-0.15, -0.1) is 10.2 Å². The van der Waals surface area contributed by atoms with Crippen LogP contribution in [0.4, 0.5) is 10.7 Å². The Bertz CT molecular complexity index is 1510. The van der Waals surface area contributed by atoms with E-state index in [4.69, 9.17) is 10.5 Å². The number of aromatic nitrogens is 3. The van der Waals surface area contributed by atoms with Gasteiger partial charge in [-0.05, 0) is 75.0 Å². The van der Waals surface area contributed by atoms with Crippen LogP contribution >= 0.6 is 0 Å². The van der Waals surface area contributed by atoms with Gasteiger partial charge in [-0.3, -0.25) is 14.7 Å². The number of allylic oxidation sites excluding steroid dienone is 1. The zero-order valence-corrected chi connectivity index (χ0v) is 26.9. The highest BCUT2D eigenvalue weighted by atomic mass is 16.5. The molecule has 1 aliphatic carbocycles. The Hall–Kier alpha value is -4.12. The molecule has 2 amide bonds. The zero-order chi connectivity index (χ0) is 31.4. The van der Waals surface area contributed by atoms with Gasteiger partial charge in [0.2, 0.25) is 5.95 Å². The summed E-state index contributed by atoms with van der Waals surface area (Å²) in [6.07, 6.45) is 7.33. The molecule has 236 valence electrons. The van der Waals surface area contributed by atoms with Crippen LogP contribution in [-0.2, 0) is 0 Å². The molecule has 2 aromatic heterocycles. The predicted octanol–water partition coefficient (Wildman–Crippen LogP) is 4.68. The van der Waals surface area contributed by atoms with Crippen molar-refractivity contribution in [2.45, 2.75) is 58.6 Å². The van der Waals surface area contributed by atoms with Crippen molar-refractivity contribution >= 4 is 23.5 Å². The van der Waals surface area contributed by atoms with Crippen molar-refractivity contribution in [1.82, 2.24) is 30.1 Å². The Morgan fingerprint density at radius 2 is 1.82 bits per heavy atom. The molecule has 5 rings (SSSR count). The molecule has 3 aromatic rings. The third kappa shape index (κ3) is 7.32. The number of benzene rings is 1. The minimum atomic E-state index is -0.320. The van der Waals surface area contributed by atoms with Crippen molar-refractivity contribution in [1.29, 1.82) is 0 Å². The lowest BCUT2D eigenvalue weighted by Gasteiger charge is -2.33. The summed E-state index contributed by atoms with van der Waals surface area (Å²) in [5.41, 5.74) is 9.53. The molecule has 11 nitrogen and oxygen atoms in total. The molecule has 2 atom stereocenters. The first-order chi connectivity index (χ1) is 21.0. The summed E-state index contributed by atoms with van der Waals surface area (Å²) in [4.78, 5) is 21.8. The van der Waals surface area contributed by atoms with Gasteiger partial charge in [0, 0.05) is 37.8 Å². The highest BCUT2D eigenvalue weighted by molar-refractivity contribution is 6.04. The topological polar surface area (TPSA) is 125 Å². The van der Waals surface area contributed by atoms with Gasteiger partial charge in [0.05, 0.1) is 12.2 Å². The Morgan fingerprint density at radius 1 is 1.09 bits per heavy atom. The summed E-state index contributed by atoms with van der Waals surface area (Å²) in [6, 6.07) is 11.6. The van der Waals surface area contributed by atoms with Gasteiger partial charge in [0.25, 0.3) is 0 Å². The molecule has 44 heavy (non-hydrogen) atoms. The van der Waals surface area contributed by atoms with Gasteiger partial charge in [-0.25, -0.2) is 4.79 Å². The lowest BCUT2D eigenvalue weighted by molar-refractivity contribution is 0.171. The first kappa shape index (κ1) is 31.3. The molecule has 0 saturated carbocycles. The molecule has 11 heteroatoms. The molecule has 1 aliphatic heterocycles. The maximum atomic E-state index is 13.0. The SMILES string of the molecule is CN=C(C=C(N)C(C)(C)C)NC(=O)NC1CC[C@@H](Oc2ccc3nnc(N4CCC(CN(C)C)CC4)n3c2)c2ccccc21. The zero-order valence-electron chi connectivity index (χ0n) is 26.9. The van der Waals surface area contributed by atoms with Gasteiger partial charge in [0.15, 0.2) is 5.65 Å². The largest absolute Gasteiger partial charge is 0.484 e. The van der Waals surface area contributed by atoms with E-state index in [-0.39, 0.29) is 23.6 Å². The molecule has 0 radical (unpaired) electrons. The molecule has 0 spiro atoms. The molecular formula is C33H47N9O2. The van der Waals surface area contributed by atoms with Gasteiger partial charge < -0.3 is 25.6 Å². The van der Waals surface area contributed by atoms with E-state index < -0.39 is 0 Å². The average molecular weight is 602 g/mol. The molecule has 1 fully saturated rings. The van der Waals surface area contributed by atoms with Gasteiger partial charge >= 0.3 is 6.03 Å². The summed E-state index contributed by atoms with van der Waals surface area (Å²) < 4.78 is 8.64. The fourth-order valence-electron chi connectivity index (χ4n) is 5.99. The summed E-state index contributed by atoms with van der Waals surface area (Å²) in [7, 11) is 5.91. The maximum Gasteiger partial charge on any atom is 0.320 e. The molecule has 0 bridgehead atoms. The van der Waals surface area contributed by atoms with Crippen LogP contribution in [0.2, 0.25) is 0 Å². The number of nitrogens with two attached hydrogens (primary N) is 1. The highest BCUT2D eigenvalue weighted by Gasteiger charge is 2.30. The molecule has 3 heterocycles. The number of hydrogen-bond acceptors (Lipinski definition) is 8. The molecule has 1 aromatic carbocycles. The highest BCUT2D eigenvalue weighted by Crippen LogP contribution is 2.39. The number of nitrogens with zero attached hydrogens (tertiary/aromatic N) is 6. The van der Waals surface area contributed by atoms with Crippen LogP contribution in [0.1, 0.15) is 69.7 Å². The van der Waals surface area contributed by atoms with E-state index in [1.165, 1.54) is 0 Å². The van der Waals surface area contributed by atoms with Gasteiger partial charge in [-0.2, -0.15) is 0 Å². The van der Waals surface area contributed by atoms with E-state index in [1.54, 1.807) is 13.1 Å². The van der Waals surface area contributed by atoms with Crippen molar-refractivity contribution in [2.24, 2.45) is 22.1 Å². The van der Waals surface area contributed by atoms with E-state index >= 15 is 0 Å². The second-order valence-electron chi connectivity index (χ2n) is 13.2. The normalized spacial score (nSPS) is 20.1. The molecular weight excluding hydrogens is 554 g/mol. The number of amidine groups is 1. The van der Waals surface area contributed by atoms with Crippen molar-refractivity contribution in [2.75, 3.05) is 45.7 Å². The number of nitrogens with one attached hydrogen (secondary N) is 2. The van der Waals surface area contributed by atoms with Crippen molar-refractivity contribution in [3.8, 4) is 5.75 Å². The van der Waals surface area contributed by atoms with Crippen LogP contribution in [0.25, 0.3) is 5.65 Å². The van der Waals surface area contributed by atoms with E-state index in [0.29, 0.717) is 17.5 Å². The number of urea groups is 1. The third-order valence-corrected chi connectivity index (χ3v) is 8.54. The number of carbonyl (C=O) groups excluding carboxylic acids is 1. The van der Waals surface area contributed by atoms with Gasteiger partial charge in [-0.1, -0.05) is 45.0 Å². The average Bonchev–Trinajstić information content (AvgIpc) is 3.41. The summed E-state index contributed by atoms with van der Waals surface area (Å²) in [6.45, 7) is 9.10. The van der Waals surface area contributed by atoms with Crippen LogP contribution in [0.15, 0.2) is 59.4 Å². The van der Waals surface area contributed by atoms with E-state index in [2.05, 4.69) is 61.9 Å². The quantitative estimate of drug-likeness (QED) is 0.265. The van der Waals surface area contributed by atoms with Crippen LogP contribution in [0.3, 0.4) is 0 Å². The molecule has 2 aliphatic rings. The third-order valence-electron chi connectivity index (χ3n) is 8.54. The molecule has 1 unspecified atom stereocenters. The van der Waals surface area contributed by atoms with Crippen molar-refractivity contribution in [3.05, 3.63) is 65.5 Å². The number of carbonyl (C=O) groups is 1. The Kier molecular flexibility index (Phi) is 9.43. The number of pyridine rings is 1. The minimum Gasteiger partial charge on any atom is -0.484 e. The summed E-state index contributed by atoms with van der Waals surface area (Å²) in [5.74, 6) is 2.75. The van der Waals surface area contributed by atoms with Crippen LogP contribution in [0, 0.1) is 11.3 Å². The van der Waals surface area contributed by atoms with Gasteiger partial charge in [0.1, 0.15) is 17.7 Å².